The number of benzene rings is 1. The maximum absolute atomic E-state index is 13.5. The molecule has 1 radical (unpaired) electrons. The Balaban J connectivity index is 1.42. The number of nitrogens with zero attached hydrogens (tertiary/aromatic N) is 2. The third-order valence-electron chi connectivity index (χ3n) is 8.52. The number of hydrogen-bond acceptors (Lipinski definition) is 5. The van der Waals surface area contributed by atoms with Gasteiger partial charge in [-0.25, -0.2) is 0 Å². The summed E-state index contributed by atoms with van der Waals surface area (Å²) in [6.07, 6.45) is 0.956. The second-order valence-corrected chi connectivity index (χ2v) is 10.9. The van der Waals surface area contributed by atoms with Gasteiger partial charge in [-0.1, -0.05) is 32.1 Å². The van der Waals surface area contributed by atoms with Crippen molar-refractivity contribution in [2.45, 2.75) is 58.4 Å². The predicted octanol–water partition coefficient (Wildman–Crippen LogP) is 4.95. The SMILES string of the molecule is CC(=O)O[C@@H]1[CH][C@@]2(O)[C@H](C)CC[C@@H](C(C)CN3CCN(c4ccccc4C(F)(F)F)CC3)[C@H]2C=C1C. The van der Waals surface area contributed by atoms with Crippen LogP contribution in [0.25, 0.3) is 0 Å². The molecule has 1 aliphatic heterocycles. The molecule has 3 aliphatic rings. The predicted molar refractivity (Wildman–Crippen MR) is 133 cm³/mol. The molecule has 36 heavy (non-hydrogen) atoms. The lowest BCUT2D eigenvalue weighted by Crippen LogP contribution is -2.57. The Morgan fingerprint density at radius 1 is 1.19 bits per heavy atom. The highest BCUT2D eigenvalue weighted by Gasteiger charge is 2.53. The molecule has 1 aromatic carbocycles. The number of para-hydroxylation sites is 1. The number of fused-ring (bicyclic) bond motifs is 1. The first-order chi connectivity index (χ1) is 16.9. The maximum atomic E-state index is 13.5. The summed E-state index contributed by atoms with van der Waals surface area (Å²) in [7, 11) is 0. The monoisotopic (exact) mass is 507 g/mol. The average Bonchev–Trinajstić information content (AvgIpc) is 2.81. The Morgan fingerprint density at radius 2 is 1.86 bits per heavy atom. The van der Waals surface area contributed by atoms with Crippen molar-refractivity contribution >= 4 is 11.7 Å². The number of carbonyl (C=O) groups is 1. The minimum Gasteiger partial charge on any atom is -0.458 e. The number of esters is 1. The zero-order chi connectivity index (χ0) is 26.3. The average molecular weight is 508 g/mol. The van der Waals surface area contributed by atoms with E-state index in [0.717, 1.165) is 31.0 Å². The molecule has 6 atom stereocenters. The number of rotatable bonds is 5. The molecule has 0 amide bonds. The third-order valence-corrected chi connectivity index (χ3v) is 8.52. The van der Waals surface area contributed by atoms with Gasteiger partial charge in [-0.2, -0.15) is 13.2 Å². The lowest BCUT2D eigenvalue weighted by Gasteiger charge is -2.53. The first kappa shape index (κ1) is 27.0. The van der Waals surface area contributed by atoms with Crippen molar-refractivity contribution in [2.75, 3.05) is 37.6 Å². The van der Waals surface area contributed by atoms with Crippen LogP contribution in [0.3, 0.4) is 0 Å². The summed E-state index contributed by atoms with van der Waals surface area (Å²) in [5.74, 6) is 0.204. The van der Waals surface area contributed by atoms with Gasteiger partial charge >= 0.3 is 12.1 Å². The summed E-state index contributed by atoms with van der Waals surface area (Å²) in [6.45, 7) is 10.9. The highest BCUT2D eigenvalue weighted by atomic mass is 19.4. The van der Waals surface area contributed by atoms with Crippen LogP contribution >= 0.6 is 0 Å². The Kier molecular flexibility index (Phi) is 7.77. The van der Waals surface area contributed by atoms with Crippen molar-refractivity contribution in [3.8, 4) is 0 Å². The molecule has 1 heterocycles. The summed E-state index contributed by atoms with van der Waals surface area (Å²) in [4.78, 5) is 15.7. The van der Waals surface area contributed by atoms with Gasteiger partial charge in [-0.3, -0.25) is 9.69 Å². The second-order valence-electron chi connectivity index (χ2n) is 10.9. The fourth-order valence-corrected chi connectivity index (χ4v) is 6.46. The summed E-state index contributed by atoms with van der Waals surface area (Å²) < 4.78 is 45.9. The van der Waals surface area contributed by atoms with E-state index in [-0.39, 0.29) is 29.4 Å². The van der Waals surface area contributed by atoms with Crippen LogP contribution in [0.1, 0.15) is 46.1 Å². The maximum Gasteiger partial charge on any atom is 0.418 e. The van der Waals surface area contributed by atoms with E-state index < -0.39 is 23.4 Å². The van der Waals surface area contributed by atoms with Crippen molar-refractivity contribution in [1.29, 1.82) is 0 Å². The first-order valence-corrected chi connectivity index (χ1v) is 13.0. The summed E-state index contributed by atoms with van der Waals surface area (Å²) in [5, 5.41) is 11.7. The number of carbonyl (C=O) groups excluding carboxylic acids is 1. The Hall–Kier alpha value is -2.06. The quantitative estimate of drug-likeness (QED) is 0.451. The van der Waals surface area contributed by atoms with Crippen LogP contribution in [0.2, 0.25) is 0 Å². The number of halogens is 3. The van der Waals surface area contributed by atoms with Gasteiger partial charge in [-0.05, 0) is 55.2 Å². The number of alkyl halides is 3. The van der Waals surface area contributed by atoms with Crippen LogP contribution in [0.5, 0.6) is 0 Å². The number of ether oxygens (including phenoxy) is 1. The van der Waals surface area contributed by atoms with Crippen molar-refractivity contribution in [2.24, 2.45) is 23.7 Å². The smallest absolute Gasteiger partial charge is 0.418 e. The molecule has 5 nitrogen and oxygen atoms in total. The largest absolute Gasteiger partial charge is 0.458 e. The van der Waals surface area contributed by atoms with E-state index in [2.05, 4.69) is 24.8 Å². The molecule has 0 spiro atoms. The number of hydrogen-bond donors (Lipinski definition) is 1. The van der Waals surface area contributed by atoms with Crippen molar-refractivity contribution in [1.82, 2.24) is 4.90 Å². The van der Waals surface area contributed by atoms with Crippen molar-refractivity contribution < 1.29 is 27.8 Å². The number of aliphatic hydroxyl groups is 1. The highest BCUT2D eigenvalue weighted by Crippen LogP contribution is 2.51. The highest BCUT2D eigenvalue weighted by molar-refractivity contribution is 5.66. The number of anilines is 1. The summed E-state index contributed by atoms with van der Waals surface area (Å²) >= 11 is 0. The fourth-order valence-electron chi connectivity index (χ4n) is 6.46. The third kappa shape index (κ3) is 5.44. The topological polar surface area (TPSA) is 53.0 Å². The molecule has 2 aliphatic carbocycles. The lowest BCUT2D eigenvalue weighted by atomic mass is 9.57. The Bertz CT molecular complexity index is 973. The molecule has 1 unspecified atom stereocenters. The molecule has 8 heteroatoms. The molecule has 1 aromatic rings. The minimum atomic E-state index is -4.37. The Morgan fingerprint density at radius 3 is 2.50 bits per heavy atom. The van der Waals surface area contributed by atoms with Gasteiger partial charge in [0.25, 0.3) is 0 Å². The molecule has 0 aromatic heterocycles. The molecule has 0 bridgehead atoms. The van der Waals surface area contributed by atoms with Crippen LogP contribution in [0.4, 0.5) is 18.9 Å². The van der Waals surface area contributed by atoms with Gasteiger partial charge in [-0.15, -0.1) is 0 Å². The summed E-state index contributed by atoms with van der Waals surface area (Å²) in [6, 6.07) is 5.80. The second kappa shape index (κ2) is 10.4. The van der Waals surface area contributed by atoms with Crippen molar-refractivity contribution in [3.05, 3.63) is 47.9 Å². The van der Waals surface area contributed by atoms with E-state index in [1.165, 1.54) is 13.0 Å². The van der Waals surface area contributed by atoms with Crippen LogP contribution in [-0.4, -0.2) is 60.4 Å². The molecule has 1 saturated carbocycles. The molecule has 1 N–H and O–H groups in total. The molecular weight excluding hydrogens is 469 g/mol. The lowest BCUT2D eigenvalue weighted by molar-refractivity contribution is -0.148. The first-order valence-electron chi connectivity index (χ1n) is 13.0. The van der Waals surface area contributed by atoms with Gasteiger partial charge in [0, 0.05) is 57.7 Å². The van der Waals surface area contributed by atoms with Crippen LogP contribution in [0, 0.1) is 30.1 Å². The minimum absolute atomic E-state index is 0.0528. The van der Waals surface area contributed by atoms with Gasteiger partial charge in [0.1, 0.15) is 6.10 Å². The molecule has 4 rings (SSSR count). The van der Waals surface area contributed by atoms with Gasteiger partial charge in [0.15, 0.2) is 0 Å². The molecular formula is C28H38F3N2O3. The zero-order valence-corrected chi connectivity index (χ0v) is 21.6. The van der Waals surface area contributed by atoms with Gasteiger partial charge in [0.2, 0.25) is 0 Å². The normalized spacial score (nSPS) is 32.4. The zero-order valence-electron chi connectivity index (χ0n) is 21.6. The van der Waals surface area contributed by atoms with E-state index in [0.29, 0.717) is 32.1 Å². The molecule has 2 fully saturated rings. The van der Waals surface area contributed by atoms with Crippen LogP contribution in [0.15, 0.2) is 35.9 Å². The molecule has 199 valence electrons. The Labute approximate surface area is 212 Å². The van der Waals surface area contributed by atoms with E-state index in [1.807, 2.05) is 18.2 Å². The van der Waals surface area contributed by atoms with E-state index in [9.17, 15) is 23.1 Å². The fraction of sp³-hybridized carbons (Fsp3) is 0.643. The van der Waals surface area contributed by atoms with E-state index >= 15 is 0 Å². The van der Waals surface area contributed by atoms with Crippen LogP contribution in [-0.2, 0) is 15.7 Å². The standard InChI is InChI=1S/C28H38F3N2O3/c1-18-15-24-22(10-9-20(3)27(24,35)16-26(18)36-21(4)34)19(2)17-32-11-13-33(14-12-32)25-8-6-5-7-23(25)28(29,30)31/h5-8,15-16,19-20,22,24,26,35H,9-14,17H2,1-4H3/t19?,20-,22+,24-,26-,27-/m1/s1. The summed E-state index contributed by atoms with van der Waals surface area (Å²) in [5.41, 5.74) is -0.408. The van der Waals surface area contributed by atoms with Crippen molar-refractivity contribution in [3.63, 3.8) is 0 Å². The molecule has 1 saturated heterocycles. The number of piperazine rings is 1. The van der Waals surface area contributed by atoms with E-state index in [4.69, 9.17) is 4.74 Å². The van der Waals surface area contributed by atoms with Gasteiger partial charge in [0.05, 0.1) is 11.2 Å². The van der Waals surface area contributed by atoms with E-state index in [1.54, 1.807) is 12.1 Å². The van der Waals surface area contributed by atoms with Crippen LogP contribution < -0.4 is 4.90 Å². The van der Waals surface area contributed by atoms with Gasteiger partial charge < -0.3 is 14.7 Å².